The molecule has 2 N–H and O–H groups in total. The third-order valence-corrected chi connectivity index (χ3v) is 6.06. The van der Waals surface area contributed by atoms with Crippen molar-refractivity contribution in [3.05, 3.63) is 22.4 Å². The summed E-state index contributed by atoms with van der Waals surface area (Å²) in [4.78, 5) is 27.2. The summed E-state index contributed by atoms with van der Waals surface area (Å²) < 4.78 is 0. The molecule has 6 nitrogen and oxygen atoms in total. The van der Waals surface area contributed by atoms with E-state index in [1.54, 1.807) is 11.8 Å². The summed E-state index contributed by atoms with van der Waals surface area (Å²) in [5.41, 5.74) is 2.46. The smallest absolute Gasteiger partial charge is 0.352 e. The van der Waals surface area contributed by atoms with E-state index in [1.165, 1.54) is 17.7 Å². The number of nitrogens with zero attached hydrogens (tertiary/aromatic N) is 2. The van der Waals surface area contributed by atoms with Crippen molar-refractivity contribution in [3.8, 4) is 0 Å². The number of carboxylic acid groups (broad SMARTS) is 1. The number of likely N-dealkylation sites (tertiary alicyclic amines) is 1. The number of fused-ring (bicyclic) bond motifs is 1. The molecule has 0 radical (unpaired) electrons. The van der Waals surface area contributed by atoms with E-state index in [-0.39, 0.29) is 23.6 Å². The molecule has 0 aromatic carbocycles. The SMILES string of the molecule is CC(=C(CO)CN1CCCC1)C1=C(C(=O)O)N2C(=O)CC2SC1. The molecule has 1 amide bonds. The Morgan fingerprint density at radius 3 is 2.61 bits per heavy atom. The van der Waals surface area contributed by atoms with Gasteiger partial charge in [0.25, 0.3) is 0 Å². The zero-order valence-electron chi connectivity index (χ0n) is 13.2. The van der Waals surface area contributed by atoms with E-state index in [0.29, 0.717) is 24.3 Å². The van der Waals surface area contributed by atoms with Crippen LogP contribution in [0.15, 0.2) is 22.4 Å². The minimum absolute atomic E-state index is 0.0405. The fourth-order valence-corrected chi connectivity index (χ4v) is 4.76. The Bertz CT molecular complexity index is 593. The monoisotopic (exact) mass is 338 g/mol. The third-order valence-electron chi connectivity index (χ3n) is 4.84. The van der Waals surface area contributed by atoms with Crippen LogP contribution in [0.1, 0.15) is 26.2 Å². The number of carboxylic acids is 1. The maximum atomic E-state index is 11.8. The molecule has 1 atom stereocenters. The number of amides is 1. The Morgan fingerprint density at radius 2 is 2.04 bits per heavy atom. The highest BCUT2D eigenvalue weighted by atomic mass is 32.2. The number of carbonyl (C=O) groups excluding carboxylic acids is 1. The van der Waals surface area contributed by atoms with E-state index in [2.05, 4.69) is 4.90 Å². The molecule has 3 rings (SSSR count). The van der Waals surface area contributed by atoms with Crippen molar-refractivity contribution in [2.45, 2.75) is 31.6 Å². The zero-order chi connectivity index (χ0) is 16.6. The molecule has 3 aliphatic rings. The molecule has 7 heteroatoms. The molecule has 0 saturated carbocycles. The van der Waals surface area contributed by atoms with Crippen molar-refractivity contribution < 1.29 is 19.8 Å². The quantitative estimate of drug-likeness (QED) is 0.729. The molecular weight excluding hydrogens is 316 g/mol. The Balaban J connectivity index is 1.94. The van der Waals surface area contributed by atoms with Gasteiger partial charge in [0.1, 0.15) is 5.70 Å². The van der Waals surface area contributed by atoms with Gasteiger partial charge >= 0.3 is 5.97 Å². The molecule has 0 aromatic rings. The second-order valence-corrected chi connectivity index (χ2v) is 7.40. The lowest BCUT2D eigenvalue weighted by Gasteiger charge is -2.44. The van der Waals surface area contributed by atoms with Gasteiger partial charge < -0.3 is 10.2 Å². The largest absolute Gasteiger partial charge is 0.477 e. The highest BCUT2D eigenvalue weighted by molar-refractivity contribution is 8.00. The maximum absolute atomic E-state index is 11.8. The number of aliphatic carboxylic acids is 1. The summed E-state index contributed by atoms with van der Waals surface area (Å²) in [6.45, 7) is 4.48. The van der Waals surface area contributed by atoms with Crippen molar-refractivity contribution in [3.63, 3.8) is 0 Å². The molecule has 2 saturated heterocycles. The van der Waals surface area contributed by atoms with Crippen molar-refractivity contribution in [1.82, 2.24) is 9.80 Å². The van der Waals surface area contributed by atoms with Crippen LogP contribution >= 0.6 is 11.8 Å². The number of hydrogen-bond donors (Lipinski definition) is 2. The van der Waals surface area contributed by atoms with Crippen LogP contribution in [0, 0.1) is 0 Å². The molecule has 23 heavy (non-hydrogen) atoms. The Kier molecular flexibility index (Phi) is 4.79. The lowest BCUT2D eigenvalue weighted by Crippen LogP contribution is -2.54. The van der Waals surface area contributed by atoms with Crippen molar-refractivity contribution in [2.75, 3.05) is 32.0 Å². The molecule has 2 fully saturated rings. The number of β-lactam (4-membered cyclic amide) rings is 1. The molecule has 1 unspecified atom stereocenters. The molecule has 3 aliphatic heterocycles. The predicted molar refractivity (Wildman–Crippen MR) is 87.8 cm³/mol. The van der Waals surface area contributed by atoms with E-state index in [9.17, 15) is 19.8 Å². The van der Waals surface area contributed by atoms with Gasteiger partial charge in [-0.15, -0.1) is 11.8 Å². The zero-order valence-corrected chi connectivity index (χ0v) is 14.1. The van der Waals surface area contributed by atoms with Crippen molar-refractivity contribution >= 4 is 23.6 Å². The summed E-state index contributed by atoms with van der Waals surface area (Å²) in [6, 6.07) is 0. The van der Waals surface area contributed by atoms with E-state index in [1.807, 2.05) is 6.92 Å². The van der Waals surface area contributed by atoms with E-state index < -0.39 is 5.97 Å². The molecule has 0 spiro atoms. The molecular formula is C16H22N2O4S. The average Bonchev–Trinajstić information content (AvgIpc) is 3.03. The summed E-state index contributed by atoms with van der Waals surface area (Å²) >= 11 is 1.60. The molecule has 0 aromatic heterocycles. The number of carbonyl (C=O) groups is 2. The van der Waals surface area contributed by atoms with Crippen molar-refractivity contribution in [1.29, 1.82) is 0 Å². The van der Waals surface area contributed by atoms with Gasteiger partial charge in [0.2, 0.25) is 5.91 Å². The van der Waals surface area contributed by atoms with Crippen molar-refractivity contribution in [2.24, 2.45) is 0 Å². The molecule has 126 valence electrons. The first-order chi connectivity index (χ1) is 11.0. The van der Waals surface area contributed by atoms with Crippen LogP contribution in [-0.4, -0.2) is 69.3 Å². The Hall–Kier alpha value is -1.31. The number of thioether (sulfide) groups is 1. The predicted octanol–water partition coefficient (Wildman–Crippen LogP) is 1.03. The number of aliphatic hydroxyl groups is 1. The number of hydrogen-bond acceptors (Lipinski definition) is 5. The lowest BCUT2D eigenvalue weighted by molar-refractivity contribution is -0.146. The summed E-state index contributed by atoms with van der Waals surface area (Å²) in [7, 11) is 0. The highest BCUT2D eigenvalue weighted by Gasteiger charge is 2.45. The first kappa shape index (κ1) is 16.5. The standard InChI is InChI=1S/C16H22N2O4S/c1-10(11(8-19)7-17-4-2-3-5-17)12-9-23-14-6-13(20)18(14)15(12)16(21)22/h14,19H,2-9H2,1H3,(H,21,22). The summed E-state index contributed by atoms with van der Waals surface area (Å²) in [6.07, 6.45) is 2.75. The van der Waals surface area contributed by atoms with Crippen LogP contribution < -0.4 is 0 Å². The van der Waals surface area contributed by atoms with Crippen LogP contribution in [0.2, 0.25) is 0 Å². The van der Waals surface area contributed by atoms with Crippen LogP contribution in [-0.2, 0) is 9.59 Å². The fourth-order valence-electron chi connectivity index (χ4n) is 3.41. The van der Waals surface area contributed by atoms with E-state index in [4.69, 9.17) is 0 Å². The number of rotatable bonds is 5. The fraction of sp³-hybridized carbons (Fsp3) is 0.625. The average molecular weight is 338 g/mol. The third kappa shape index (κ3) is 3.05. The van der Waals surface area contributed by atoms with Gasteiger partial charge in [-0.05, 0) is 49.6 Å². The molecule has 3 heterocycles. The highest BCUT2D eigenvalue weighted by Crippen LogP contribution is 2.42. The second-order valence-electron chi connectivity index (χ2n) is 6.24. The van der Waals surface area contributed by atoms with Gasteiger partial charge in [0, 0.05) is 12.3 Å². The summed E-state index contributed by atoms with van der Waals surface area (Å²) in [5, 5.41) is 19.3. The first-order valence-corrected chi connectivity index (χ1v) is 9.00. The number of allylic oxidation sites excluding steroid dienone is 1. The maximum Gasteiger partial charge on any atom is 0.352 e. The van der Waals surface area contributed by atoms with Gasteiger partial charge in [-0.3, -0.25) is 14.6 Å². The van der Waals surface area contributed by atoms with Gasteiger partial charge in [-0.25, -0.2) is 4.79 Å². The van der Waals surface area contributed by atoms with Crippen LogP contribution in [0.5, 0.6) is 0 Å². The molecule has 0 bridgehead atoms. The minimum Gasteiger partial charge on any atom is -0.477 e. The van der Waals surface area contributed by atoms with Gasteiger partial charge in [0.05, 0.1) is 18.4 Å². The van der Waals surface area contributed by atoms with Crippen LogP contribution in [0.4, 0.5) is 0 Å². The summed E-state index contributed by atoms with van der Waals surface area (Å²) in [5.74, 6) is -0.614. The van der Waals surface area contributed by atoms with Gasteiger partial charge in [-0.1, -0.05) is 0 Å². The lowest BCUT2D eigenvalue weighted by atomic mass is 9.98. The molecule has 0 aliphatic carbocycles. The first-order valence-electron chi connectivity index (χ1n) is 7.95. The van der Waals surface area contributed by atoms with Gasteiger partial charge in [0.15, 0.2) is 0 Å². The van der Waals surface area contributed by atoms with Crippen LogP contribution in [0.3, 0.4) is 0 Å². The normalized spacial score (nSPS) is 26.1. The Labute approximate surface area is 139 Å². The topological polar surface area (TPSA) is 81.1 Å². The second kappa shape index (κ2) is 6.67. The number of aliphatic hydroxyl groups excluding tert-OH is 1. The van der Waals surface area contributed by atoms with Gasteiger partial charge in [-0.2, -0.15) is 0 Å². The van der Waals surface area contributed by atoms with Crippen LogP contribution in [0.25, 0.3) is 0 Å². The minimum atomic E-state index is -1.06. The Morgan fingerprint density at radius 1 is 1.35 bits per heavy atom. The van der Waals surface area contributed by atoms with E-state index in [0.717, 1.165) is 24.2 Å². The van der Waals surface area contributed by atoms with E-state index >= 15 is 0 Å².